The van der Waals surface area contributed by atoms with Gasteiger partial charge in [-0.15, -0.1) is 0 Å². The maximum absolute atomic E-state index is 9.99. The molecule has 133 valence electrons. The fourth-order valence-electron chi connectivity index (χ4n) is 1.38. The second kappa shape index (κ2) is 23.1. The first kappa shape index (κ1) is 26.7. The van der Waals surface area contributed by atoms with Crippen LogP contribution < -0.4 is 0 Å². The molecule has 0 bridgehead atoms. The third-order valence-electron chi connectivity index (χ3n) is 2.45. The van der Waals surface area contributed by atoms with Gasteiger partial charge >= 0.3 is 16.5 Å². The molecule has 2 atom stereocenters. The molecule has 0 aromatic carbocycles. The predicted octanol–water partition coefficient (Wildman–Crippen LogP) is 3.93. The van der Waals surface area contributed by atoms with E-state index in [0.717, 1.165) is 25.7 Å². The SMILES string of the molecule is CCCCCCO[PH](=O)O.CCCCCCO[PH](=O)O.[Co]. The van der Waals surface area contributed by atoms with Gasteiger partial charge in [-0.3, -0.25) is 9.13 Å². The Kier molecular flexibility index (Phi) is 29.3. The maximum atomic E-state index is 9.99. The minimum atomic E-state index is -2.67. The van der Waals surface area contributed by atoms with Gasteiger partial charge in [0.05, 0.1) is 13.2 Å². The van der Waals surface area contributed by atoms with Crippen LogP contribution in [0.5, 0.6) is 0 Å². The Labute approximate surface area is 140 Å². The molecule has 2 unspecified atom stereocenters. The average Bonchev–Trinajstić information content (AvgIpc) is 2.38. The van der Waals surface area contributed by atoms with E-state index in [1.165, 1.54) is 25.7 Å². The van der Waals surface area contributed by atoms with Gasteiger partial charge < -0.3 is 18.8 Å². The van der Waals surface area contributed by atoms with Gasteiger partial charge in [0.1, 0.15) is 0 Å². The van der Waals surface area contributed by atoms with Gasteiger partial charge in [0.2, 0.25) is 0 Å². The van der Waals surface area contributed by atoms with Crippen LogP contribution in [0.25, 0.3) is 0 Å². The van der Waals surface area contributed by atoms with Crippen molar-refractivity contribution in [2.45, 2.75) is 65.2 Å². The first-order chi connectivity index (χ1) is 9.54. The molecule has 2 N–H and O–H groups in total. The summed E-state index contributed by atoms with van der Waals surface area (Å²) in [5, 5.41) is 0. The summed E-state index contributed by atoms with van der Waals surface area (Å²) in [7, 11) is -5.34. The van der Waals surface area contributed by atoms with E-state index in [4.69, 9.17) is 9.79 Å². The zero-order chi connectivity index (χ0) is 15.6. The van der Waals surface area contributed by atoms with Crippen molar-refractivity contribution in [3.05, 3.63) is 0 Å². The normalized spacial score (nSPS) is 12.8. The van der Waals surface area contributed by atoms with Gasteiger partial charge in [-0.05, 0) is 12.8 Å². The molecule has 0 fully saturated rings. The van der Waals surface area contributed by atoms with Crippen molar-refractivity contribution in [3.63, 3.8) is 0 Å². The summed E-state index contributed by atoms with van der Waals surface area (Å²) in [5.74, 6) is 0. The Morgan fingerprint density at radius 2 is 1.05 bits per heavy atom. The van der Waals surface area contributed by atoms with E-state index < -0.39 is 16.5 Å². The molecule has 0 heterocycles. The number of hydrogen-bond donors (Lipinski definition) is 2. The van der Waals surface area contributed by atoms with Crippen LogP contribution in [0, 0.1) is 0 Å². The first-order valence-electron chi connectivity index (χ1n) is 7.26. The zero-order valence-corrected chi connectivity index (χ0v) is 16.0. The van der Waals surface area contributed by atoms with Crippen molar-refractivity contribution >= 4 is 16.5 Å². The van der Waals surface area contributed by atoms with Crippen LogP contribution in [-0.4, -0.2) is 23.0 Å². The monoisotopic (exact) mass is 391 g/mol. The Bertz CT molecular complexity index is 220. The summed E-state index contributed by atoms with van der Waals surface area (Å²) < 4.78 is 29.0. The van der Waals surface area contributed by atoms with Crippen LogP contribution >= 0.6 is 16.5 Å². The van der Waals surface area contributed by atoms with E-state index in [-0.39, 0.29) is 16.8 Å². The molecule has 0 aliphatic carbocycles. The summed E-state index contributed by atoms with van der Waals surface area (Å²) >= 11 is 0. The molecule has 21 heavy (non-hydrogen) atoms. The molecule has 6 nitrogen and oxygen atoms in total. The Morgan fingerprint density at radius 1 is 0.714 bits per heavy atom. The van der Waals surface area contributed by atoms with Gasteiger partial charge in [-0.1, -0.05) is 52.4 Å². The minimum absolute atomic E-state index is 0. The molecular formula is C12H30CoO6P2. The van der Waals surface area contributed by atoms with Gasteiger partial charge in [0.25, 0.3) is 0 Å². The average molecular weight is 391 g/mol. The number of rotatable bonds is 12. The standard InChI is InChI=1S/2C6H15O3P.Co/c2*1-2-3-4-5-6-9-10(7)8;/h2*10H,2-6H2,1H3,(H,7,8);. The zero-order valence-electron chi connectivity index (χ0n) is 12.9. The molecule has 0 aliphatic rings. The van der Waals surface area contributed by atoms with Crippen LogP contribution in [0.3, 0.4) is 0 Å². The van der Waals surface area contributed by atoms with E-state index in [1.54, 1.807) is 0 Å². The third kappa shape index (κ3) is 33.6. The quantitative estimate of drug-likeness (QED) is 0.387. The Hall–Kier alpha value is 0.806. The van der Waals surface area contributed by atoms with Crippen LogP contribution in [-0.2, 0) is 35.0 Å². The van der Waals surface area contributed by atoms with E-state index in [9.17, 15) is 9.13 Å². The minimum Gasteiger partial charge on any atom is -0.326 e. The molecule has 9 heteroatoms. The predicted molar refractivity (Wildman–Crippen MR) is 82.6 cm³/mol. The van der Waals surface area contributed by atoms with E-state index in [2.05, 4.69) is 22.9 Å². The molecule has 0 spiro atoms. The Balaban J connectivity index is -0.000000295. The van der Waals surface area contributed by atoms with Crippen LogP contribution in [0.1, 0.15) is 65.2 Å². The first-order valence-corrected chi connectivity index (χ1v) is 9.78. The summed E-state index contributed by atoms with van der Waals surface area (Å²) in [6.45, 7) is 5.09. The van der Waals surface area contributed by atoms with Gasteiger partial charge in [-0.25, -0.2) is 0 Å². The molecule has 0 aromatic rings. The van der Waals surface area contributed by atoms with Crippen LogP contribution in [0.4, 0.5) is 0 Å². The van der Waals surface area contributed by atoms with Crippen LogP contribution in [0.15, 0.2) is 0 Å². The molecule has 0 amide bonds. The second-order valence-corrected chi connectivity index (χ2v) is 5.99. The number of unbranched alkanes of at least 4 members (excludes halogenated alkanes) is 6. The fourth-order valence-corrected chi connectivity index (χ4v) is 2.01. The summed E-state index contributed by atoms with van der Waals surface area (Å²) in [6, 6.07) is 0. The third-order valence-corrected chi connectivity index (χ3v) is 3.35. The topological polar surface area (TPSA) is 93.1 Å². The Morgan fingerprint density at radius 3 is 1.29 bits per heavy atom. The van der Waals surface area contributed by atoms with Crippen molar-refractivity contribution in [3.8, 4) is 0 Å². The molecule has 1 radical (unpaired) electrons. The fraction of sp³-hybridized carbons (Fsp3) is 1.00. The van der Waals surface area contributed by atoms with Gasteiger partial charge in [0.15, 0.2) is 0 Å². The van der Waals surface area contributed by atoms with E-state index in [0.29, 0.717) is 13.2 Å². The molecule has 0 aliphatic heterocycles. The van der Waals surface area contributed by atoms with Crippen molar-refractivity contribution in [2.24, 2.45) is 0 Å². The number of hydrogen-bond acceptors (Lipinski definition) is 4. The molecule has 0 rings (SSSR count). The van der Waals surface area contributed by atoms with Crippen molar-refractivity contribution in [2.75, 3.05) is 13.2 Å². The summed E-state index contributed by atoms with van der Waals surface area (Å²) in [5.41, 5.74) is 0. The summed E-state index contributed by atoms with van der Waals surface area (Å²) in [4.78, 5) is 16.5. The maximum Gasteiger partial charge on any atom is 0.316 e. The van der Waals surface area contributed by atoms with Crippen LogP contribution in [0.2, 0.25) is 0 Å². The molecule has 0 saturated carbocycles. The van der Waals surface area contributed by atoms with Gasteiger partial charge in [-0.2, -0.15) is 0 Å². The van der Waals surface area contributed by atoms with Crippen molar-refractivity contribution in [1.29, 1.82) is 0 Å². The second-order valence-electron chi connectivity index (χ2n) is 4.35. The molecule has 0 aromatic heterocycles. The van der Waals surface area contributed by atoms with Crippen molar-refractivity contribution < 1.29 is 44.7 Å². The van der Waals surface area contributed by atoms with Crippen molar-refractivity contribution in [1.82, 2.24) is 0 Å². The van der Waals surface area contributed by atoms with E-state index in [1.807, 2.05) is 0 Å². The molecule has 0 saturated heterocycles. The van der Waals surface area contributed by atoms with Gasteiger partial charge in [0, 0.05) is 16.8 Å². The largest absolute Gasteiger partial charge is 0.326 e. The smallest absolute Gasteiger partial charge is 0.316 e. The molecular weight excluding hydrogens is 361 g/mol. The summed E-state index contributed by atoms with van der Waals surface area (Å²) in [6.07, 6.45) is 8.67. The van der Waals surface area contributed by atoms with E-state index >= 15 is 0 Å².